The molecule has 1 N–H and O–H groups in total. The van der Waals surface area contributed by atoms with Gasteiger partial charge in [0.15, 0.2) is 0 Å². The van der Waals surface area contributed by atoms with Crippen molar-refractivity contribution in [2.45, 2.75) is 31.5 Å². The van der Waals surface area contributed by atoms with Crippen molar-refractivity contribution in [3.05, 3.63) is 0 Å². The van der Waals surface area contributed by atoms with E-state index in [1.807, 2.05) is 18.7 Å². The predicted molar refractivity (Wildman–Crippen MR) is 63.9 cm³/mol. The molecule has 1 aliphatic heterocycles. The zero-order valence-electron chi connectivity index (χ0n) is 9.66. The number of hydrogen-bond donors (Lipinski definition) is 1. The molecule has 0 aromatic carbocycles. The molecule has 0 saturated carbocycles. The molecule has 3 nitrogen and oxygen atoms in total. The van der Waals surface area contributed by atoms with Gasteiger partial charge < -0.3 is 10.0 Å². The Morgan fingerprint density at radius 2 is 2.13 bits per heavy atom. The number of carbonyl (C=O) groups is 1. The highest BCUT2D eigenvalue weighted by Gasteiger charge is 2.34. The van der Waals surface area contributed by atoms with E-state index in [0.717, 1.165) is 13.0 Å². The number of nitrogens with zero attached hydrogens (tertiary/aromatic N) is 1. The molecule has 0 radical (unpaired) electrons. The van der Waals surface area contributed by atoms with Crippen LogP contribution in [0.2, 0.25) is 0 Å². The van der Waals surface area contributed by atoms with Crippen LogP contribution in [-0.4, -0.2) is 39.9 Å². The minimum absolute atomic E-state index is 0.118. The second kappa shape index (κ2) is 4.83. The van der Waals surface area contributed by atoms with Crippen LogP contribution in [-0.2, 0) is 4.79 Å². The number of aliphatic hydroxyl groups is 1. The van der Waals surface area contributed by atoms with Gasteiger partial charge in [-0.05, 0) is 32.1 Å². The number of halogens is 1. The van der Waals surface area contributed by atoms with Gasteiger partial charge in [-0.3, -0.25) is 4.79 Å². The Bertz CT molecular complexity index is 237. The monoisotopic (exact) mass is 277 g/mol. The standard InChI is InChI=1S/C11H20BrNO2/c1-8-4-9(7-14)6-13(5-8)10(15)11(2,3)12/h8-9,14H,4-7H2,1-3H3. The first-order valence-corrected chi connectivity index (χ1v) is 6.23. The topological polar surface area (TPSA) is 40.5 Å². The van der Waals surface area contributed by atoms with Crippen LogP contribution < -0.4 is 0 Å². The van der Waals surface area contributed by atoms with Crippen LogP contribution in [0.5, 0.6) is 0 Å². The van der Waals surface area contributed by atoms with Gasteiger partial charge >= 0.3 is 0 Å². The Hall–Kier alpha value is -0.0900. The van der Waals surface area contributed by atoms with E-state index in [1.165, 1.54) is 0 Å². The Morgan fingerprint density at radius 1 is 1.53 bits per heavy atom. The van der Waals surface area contributed by atoms with E-state index in [2.05, 4.69) is 22.9 Å². The quantitative estimate of drug-likeness (QED) is 0.780. The van der Waals surface area contributed by atoms with E-state index in [4.69, 9.17) is 5.11 Å². The summed E-state index contributed by atoms with van der Waals surface area (Å²) in [5, 5.41) is 9.16. The maximum atomic E-state index is 12.0. The molecule has 4 heteroatoms. The maximum Gasteiger partial charge on any atom is 0.238 e. The van der Waals surface area contributed by atoms with Gasteiger partial charge in [-0.1, -0.05) is 22.9 Å². The lowest BCUT2D eigenvalue weighted by molar-refractivity contribution is -0.135. The summed E-state index contributed by atoms with van der Waals surface area (Å²) >= 11 is 3.39. The molecule has 0 bridgehead atoms. The maximum absolute atomic E-state index is 12.0. The van der Waals surface area contributed by atoms with Gasteiger partial charge in [0.2, 0.25) is 5.91 Å². The molecule has 2 unspecified atom stereocenters. The van der Waals surface area contributed by atoms with E-state index in [0.29, 0.717) is 12.5 Å². The Kier molecular flexibility index (Phi) is 4.18. The van der Waals surface area contributed by atoms with Crippen molar-refractivity contribution in [2.24, 2.45) is 11.8 Å². The van der Waals surface area contributed by atoms with Crippen LogP contribution in [0.15, 0.2) is 0 Å². The summed E-state index contributed by atoms with van der Waals surface area (Å²) in [6.45, 7) is 7.53. The third-order valence-corrected chi connectivity index (χ3v) is 3.14. The average molecular weight is 278 g/mol. The molecule has 1 fully saturated rings. The molecule has 15 heavy (non-hydrogen) atoms. The van der Waals surface area contributed by atoms with E-state index in [9.17, 15) is 4.79 Å². The SMILES string of the molecule is CC1CC(CO)CN(C(=O)C(C)(C)Br)C1. The van der Waals surface area contributed by atoms with Crippen LogP contribution in [0.4, 0.5) is 0 Å². The number of piperidine rings is 1. The van der Waals surface area contributed by atoms with E-state index >= 15 is 0 Å². The van der Waals surface area contributed by atoms with Gasteiger partial charge in [0.25, 0.3) is 0 Å². The highest BCUT2D eigenvalue weighted by molar-refractivity contribution is 9.10. The highest BCUT2D eigenvalue weighted by Crippen LogP contribution is 2.26. The number of alkyl halides is 1. The van der Waals surface area contributed by atoms with Crippen LogP contribution in [0.1, 0.15) is 27.2 Å². The number of amides is 1. The first kappa shape index (κ1) is 13.0. The molecule has 1 amide bonds. The smallest absolute Gasteiger partial charge is 0.238 e. The first-order valence-electron chi connectivity index (χ1n) is 5.43. The molecule has 0 aromatic heterocycles. The van der Waals surface area contributed by atoms with Crippen molar-refractivity contribution in [3.8, 4) is 0 Å². The fourth-order valence-electron chi connectivity index (χ4n) is 2.15. The fraction of sp³-hybridized carbons (Fsp3) is 0.909. The lowest BCUT2D eigenvalue weighted by atomic mass is 9.90. The number of aliphatic hydroxyl groups excluding tert-OH is 1. The molecule has 1 rings (SSSR count). The fourth-order valence-corrected chi connectivity index (χ4v) is 2.41. The highest BCUT2D eigenvalue weighted by atomic mass is 79.9. The van der Waals surface area contributed by atoms with Gasteiger partial charge in [-0.25, -0.2) is 0 Å². The Labute approximate surface area is 100.0 Å². The summed E-state index contributed by atoms with van der Waals surface area (Å²) in [4.78, 5) is 13.9. The predicted octanol–water partition coefficient (Wildman–Crippen LogP) is 1.64. The van der Waals surface area contributed by atoms with Gasteiger partial charge in [0.1, 0.15) is 0 Å². The van der Waals surface area contributed by atoms with Crippen molar-refractivity contribution in [2.75, 3.05) is 19.7 Å². The molecule has 0 aromatic rings. The van der Waals surface area contributed by atoms with Crippen molar-refractivity contribution >= 4 is 21.8 Å². The minimum Gasteiger partial charge on any atom is -0.396 e. The molecule has 0 spiro atoms. The second-order valence-electron chi connectivity index (χ2n) is 5.07. The molecule has 1 saturated heterocycles. The van der Waals surface area contributed by atoms with Gasteiger partial charge in [0.05, 0.1) is 4.32 Å². The van der Waals surface area contributed by atoms with Crippen molar-refractivity contribution in [1.82, 2.24) is 4.90 Å². The van der Waals surface area contributed by atoms with Gasteiger partial charge in [-0.15, -0.1) is 0 Å². The molecular weight excluding hydrogens is 258 g/mol. The Balaban J connectivity index is 2.66. The van der Waals surface area contributed by atoms with E-state index in [1.54, 1.807) is 0 Å². The summed E-state index contributed by atoms with van der Waals surface area (Å²) in [6, 6.07) is 0. The number of rotatable bonds is 2. The minimum atomic E-state index is -0.496. The normalized spacial score (nSPS) is 27.9. The van der Waals surface area contributed by atoms with E-state index < -0.39 is 4.32 Å². The second-order valence-corrected chi connectivity index (χ2v) is 7.05. The van der Waals surface area contributed by atoms with Gasteiger partial charge in [0, 0.05) is 19.7 Å². The third-order valence-electron chi connectivity index (χ3n) is 2.80. The summed E-state index contributed by atoms with van der Waals surface area (Å²) in [5.41, 5.74) is 0. The number of hydrogen-bond acceptors (Lipinski definition) is 2. The molecule has 1 heterocycles. The Morgan fingerprint density at radius 3 is 2.60 bits per heavy atom. The zero-order chi connectivity index (χ0) is 11.6. The lowest BCUT2D eigenvalue weighted by Gasteiger charge is -2.38. The lowest BCUT2D eigenvalue weighted by Crippen LogP contribution is -2.49. The van der Waals surface area contributed by atoms with Crippen LogP contribution in [0.25, 0.3) is 0 Å². The van der Waals surface area contributed by atoms with Crippen LogP contribution in [0.3, 0.4) is 0 Å². The zero-order valence-corrected chi connectivity index (χ0v) is 11.2. The molecular formula is C11H20BrNO2. The van der Waals surface area contributed by atoms with Crippen molar-refractivity contribution in [1.29, 1.82) is 0 Å². The van der Waals surface area contributed by atoms with Crippen molar-refractivity contribution < 1.29 is 9.90 Å². The summed E-state index contributed by atoms with van der Waals surface area (Å²) in [6.07, 6.45) is 1.02. The van der Waals surface area contributed by atoms with Crippen LogP contribution in [0, 0.1) is 11.8 Å². The van der Waals surface area contributed by atoms with Crippen molar-refractivity contribution in [3.63, 3.8) is 0 Å². The van der Waals surface area contributed by atoms with Gasteiger partial charge in [-0.2, -0.15) is 0 Å². The largest absolute Gasteiger partial charge is 0.396 e. The summed E-state index contributed by atoms with van der Waals surface area (Å²) in [5.74, 6) is 0.842. The molecule has 0 aliphatic carbocycles. The van der Waals surface area contributed by atoms with Crippen LogP contribution >= 0.6 is 15.9 Å². The summed E-state index contributed by atoms with van der Waals surface area (Å²) in [7, 11) is 0. The molecule has 1 aliphatic rings. The average Bonchev–Trinajstić information content (AvgIpc) is 2.14. The van der Waals surface area contributed by atoms with E-state index in [-0.39, 0.29) is 18.4 Å². The number of likely N-dealkylation sites (tertiary alicyclic amines) is 1. The molecule has 2 atom stereocenters. The third kappa shape index (κ3) is 3.45. The number of carbonyl (C=O) groups excluding carboxylic acids is 1. The summed E-state index contributed by atoms with van der Waals surface area (Å²) < 4.78 is -0.496. The first-order chi connectivity index (χ1) is 6.84. The molecule has 88 valence electrons.